The zero-order chi connectivity index (χ0) is 22.0. The molecule has 3 aromatic rings. The zero-order valence-corrected chi connectivity index (χ0v) is 19.4. The molecule has 0 saturated heterocycles. The molecule has 1 aliphatic heterocycles. The van der Waals surface area contributed by atoms with Crippen molar-refractivity contribution in [2.45, 2.75) is 12.2 Å². The van der Waals surface area contributed by atoms with Gasteiger partial charge in [-0.2, -0.15) is 0 Å². The van der Waals surface area contributed by atoms with Crippen LogP contribution in [0.5, 0.6) is 17.2 Å². The minimum absolute atomic E-state index is 0.0901. The van der Waals surface area contributed by atoms with Crippen LogP contribution in [0.15, 0.2) is 71.2 Å². The van der Waals surface area contributed by atoms with Crippen LogP contribution in [0.4, 0.5) is 0 Å². The van der Waals surface area contributed by atoms with Gasteiger partial charge in [0, 0.05) is 22.4 Å². The van der Waals surface area contributed by atoms with Gasteiger partial charge in [0.2, 0.25) is 0 Å². The normalized spacial score (nSPS) is 18.1. The first-order chi connectivity index (χ1) is 15.0. The molecule has 0 radical (unpaired) electrons. The van der Waals surface area contributed by atoms with Crippen LogP contribution in [0.25, 0.3) is 5.70 Å². The Hall–Kier alpha value is -2.67. The third-order valence-corrected chi connectivity index (χ3v) is 6.20. The first kappa shape index (κ1) is 21.6. The lowest BCUT2D eigenvalue weighted by Gasteiger charge is -2.30. The van der Waals surface area contributed by atoms with Gasteiger partial charge >= 0.3 is 0 Å². The van der Waals surface area contributed by atoms with Gasteiger partial charge in [-0.3, -0.25) is 0 Å². The fourth-order valence-corrected chi connectivity index (χ4v) is 4.45. The predicted octanol–water partition coefficient (Wildman–Crippen LogP) is 4.77. The van der Waals surface area contributed by atoms with Crippen molar-refractivity contribution in [1.29, 1.82) is 0 Å². The van der Waals surface area contributed by atoms with Gasteiger partial charge < -0.3 is 25.2 Å². The average molecular weight is 503 g/mol. The fraction of sp³-hybridized carbons (Fsp3) is 0.167. The number of rotatable bonds is 5. The third-order valence-electron chi connectivity index (χ3n) is 5.34. The van der Waals surface area contributed by atoms with Crippen LogP contribution in [-0.4, -0.2) is 19.3 Å². The summed E-state index contributed by atoms with van der Waals surface area (Å²) in [5, 5.41) is 16.9. The topological polar surface area (TPSA) is 67.3 Å². The highest BCUT2D eigenvalue weighted by atomic mass is 79.9. The lowest BCUT2D eigenvalue weighted by atomic mass is 9.98. The van der Waals surface area contributed by atoms with Gasteiger partial charge in [-0.25, -0.2) is 0 Å². The Morgan fingerprint density at radius 3 is 2.45 bits per heavy atom. The van der Waals surface area contributed by atoms with E-state index in [1.54, 1.807) is 26.4 Å². The minimum Gasteiger partial charge on any atom is -0.507 e. The van der Waals surface area contributed by atoms with Gasteiger partial charge in [0.05, 0.1) is 24.3 Å². The summed E-state index contributed by atoms with van der Waals surface area (Å²) in [6, 6.07) is 18.9. The van der Waals surface area contributed by atoms with E-state index >= 15 is 0 Å². The third kappa shape index (κ3) is 4.66. The molecule has 0 saturated carbocycles. The molecule has 0 aliphatic carbocycles. The zero-order valence-electron chi connectivity index (χ0n) is 17.1. The summed E-state index contributed by atoms with van der Waals surface area (Å²) in [5.74, 6) is 1.79. The number of halogens is 2. The molecule has 0 amide bonds. The smallest absolute Gasteiger partial charge is 0.186 e. The van der Waals surface area contributed by atoms with Crippen LogP contribution in [0, 0.1) is 0 Å². The molecular formula is C24H23BrClN2O3+. The van der Waals surface area contributed by atoms with E-state index in [0.717, 1.165) is 38.4 Å². The summed E-state index contributed by atoms with van der Waals surface area (Å²) in [6.45, 7) is 0. The number of hydrogen-bond acceptors (Lipinski definition) is 4. The van der Waals surface area contributed by atoms with Crippen LogP contribution in [-0.2, 0) is 0 Å². The summed E-state index contributed by atoms with van der Waals surface area (Å²) < 4.78 is 11.5. The molecule has 4 rings (SSSR count). The molecule has 3 aromatic carbocycles. The highest BCUT2D eigenvalue weighted by Crippen LogP contribution is 2.33. The van der Waals surface area contributed by atoms with Crippen molar-refractivity contribution in [2.75, 3.05) is 14.2 Å². The largest absolute Gasteiger partial charge is 0.507 e. The number of methoxy groups -OCH3 is 2. The van der Waals surface area contributed by atoms with Crippen LogP contribution in [0.3, 0.4) is 0 Å². The van der Waals surface area contributed by atoms with Gasteiger partial charge in [0.15, 0.2) is 6.17 Å². The fourth-order valence-electron chi connectivity index (χ4n) is 3.71. The number of quaternary nitrogens is 1. The van der Waals surface area contributed by atoms with E-state index in [1.165, 1.54) is 0 Å². The highest BCUT2D eigenvalue weighted by Gasteiger charge is 2.30. The maximum absolute atomic E-state index is 10.5. The molecule has 2 atom stereocenters. The number of nitrogens with one attached hydrogen (secondary N) is 1. The Bertz CT molecular complexity index is 1120. The Morgan fingerprint density at radius 2 is 1.77 bits per heavy atom. The number of phenols is 1. The molecule has 0 aromatic heterocycles. The highest BCUT2D eigenvalue weighted by molar-refractivity contribution is 9.10. The van der Waals surface area contributed by atoms with Crippen LogP contribution < -0.4 is 20.1 Å². The van der Waals surface area contributed by atoms with Crippen molar-refractivity contribution in [3.8, 4) is 17.2 Å². The van der Waals surface area contributed by atoms with Crippen molar-refractivity contribution in [2.24, 2.45) is 0 Å². The van der Waals surface area contributed by atoms with E-state index in [-0.39, 0.29) is 18.0 Å². The number of benzene rings is 3. The first-order valence-corrected chi connectivity index (χ1v) is 10.9. The molecule has 160 valence electrons. The van der Waals surface area contributed by atoms with Crippen molar-refractivity contribution < 1.29 is 19.9 Å². The SMILES string of the molecule is COc1ccc(C2=CC(c3cc(Cl)ccc3O)[NH2+]C(c3ccc(OC)c(Br)c3)N2)cc1. The molecule has 0 fully saturated rings. The summed E-state index contributed by atoms with van der Waals surface area (Å²) >= 11 is 9.81. The molecule has 4 N–H and O–H groups in total. The second-order valence-electron chi connectivity index (χ2n) is 7.25. The van der Waals surface area contributed by atoms with E-state index in [4.69, 9.17) is 21.1 Å². The standard InChI is InChI=1S/C24H22BrClN2O3/c1-30-17-7-3-14(4-8-17)20-13-21(18-12-16(26)6-9-22(18)29)28-24(27-20)15-5-10-23(31-2)19(25)11-15/h3-13,21,24,27-29H,1-2H3/p+1. The lowest BCUT2D eigenvalue weighted by Crippen LogP contribution is -2.89. The van der Waals surface area contributed by atoms with E-state index in [9.17, 15) is 5.11 Å². The van der Waals surface area contributed by atoms with Crippen LogP contribution in [0.2, 0.25) is 5.02 Å². The number of phenolic OH excluding ortho intramolecular Hbond substituents is 1. The van der Waals surface area contributed by atoms with Gasteiger partial charge in [0.1, 0.15) is 23.3 Å². The molecule has 7 heteroatoms. The Labute approximate surface area is 194 Å². The maximum Gasteiger partial charge on any atom is 0.186 e. The molecule has 31 heavy (non-hydrogen) atoms. The van der Waals surface area contributed by atoms with Gasteiger partial charge in [0.25, 0.3) is 0 Å². The summed E-state index contributed by atoms with van der Waals surface area (Å²) in [6.07, 6.45) is 2.01. The molecule has 0 bridgehead atoms. The predicted molar refractivity (Wildman–Crippen MR) is 125 cm³/mol. The van der Waals surface area contributed by atoms with Crippen molar-refractivity contribution in [1.82, 2.24) is 5.32 Å². The average Bonchev–Trinajstić information content (AvgIpc) is 2.80. The summed E-state index contributed by atoms with van der Waals surface area (Å²) in [4.78, 5) is 0. The quantitative estimate of drug-likeness (QED) is 0.470. The van der Waals surface area contributed by atoms with Crippen molar-refractivity contribution >= 4 is 33.2 Å². The van der Waals surface area contributed by atoms with Crippen molar-refractivity contribution in [3.63, 3.8) is 0 Å². The number of nitrogens with two attached hydrogens (primary N) is 1. The lowest BCUT2D eigenvalue weighted by molar-refractivity contribution is -0.731. The number of hydrogen-bond donors (Lipinski definition) is 3. The van der Waals surface area contributed by atoms with E-state index < -0.39 is 0 Å². The van der Waals surface area contributed by atoms with Crippen LogP contribution in [0.1, 0.15) is 28.9 Å². The van der Waals surface area contributed by atoms with E-state index in [0.29, 0.717) is 5.02 Å². The molecule has 1 aliphatic rings. The monoisotopic (exact) mass is 501 g/mol. The minimum atomic E-state index is -0.136. The van der Waals surface area contributed by atoms with E-state index in [2.05, 4.69) is 32.6 Å². The van der Waals surface area contributed by atoms with Gasteiger partial charge in [-0.15, -0.1) is 0 Å². The second kappa shape index (κ2) is 9.22. The van der Waals surface area contributed by atoms with E-state index in [1.807, 2.05) is 48.5 Å². The Morgan fingerprint density at radius 1 is 1.00 bits per heavy atom. The molecule has 2 unspecified atom stereocenters. The Kier molecular flexibility index (Phi) is 6.41. The summed E-state index contributed by atoms with van der Waals surface area (Å²) in [7, 11) is 3.30. The second-order valence-corrected chi connectivity index (χ2v) is 8.54. The van der Waals surface area contributed by atoms with Crippen molar-refractivity contribution in [3.05, 3.63) is 92.9 Å². The van der Waals surface area contributed by atoms with Crippen LogP contribution >= 0.6 is 27.5 Å². The molecule has 0 spiro atoms. The maximum atomic E-state index is 10.5. The molecule has 1 heterocycles. The summed E-state index contributed by atoms with van der Waals surface area (Å²) in [5.41, 5.74) is 3.82. The number of ether oxygens (including phenoxy) is 2. The number of aromatic hydroxyl groups is 1. The molecular weight excluding hydrogens is 480 g/mol. The Balaban J connectivity index is 1.76. The first-order valence-electron chi connectivity index (χ1n) is 9.78. The molecule has 5 nitrogen and oxygen atoms in total. The van der Waals surface area contributed by atoms with Gasteiger partial charge in [-0.1, -0.05) is 11.6 Å². The van der Waals surface area contributed by atoms with Gasteiger partial charge in [-0.05, 0) is 82.2 Å².